The highest BCUT2D eigenvalue weighted by atomic mass is 16.8. The second-order valence-electron chi connectivity index (χ2n) is 25.2. The van der Waals surface area contributed by atoms with Crippen molar-refractivity contribution in [3.63, 3.8) is 0 Å². The number of aliphatic hydroxyl groups is 29. The van der Waals surface area contributed by atoms with Crippen molar-refractivity contribution in [2.75, 3.05) is 66.1 Å². The minimum absolute atomic E-state index is 0.975. The molecule has 9 heterocycles. The third-order valence-corrected chi connectivity index (χ3v) is 18.9. The molecule has 100 heavy (non-hydrogen) atoms. The maximum atomic E-state index is 11.9. The summed E-state index contributed by atoms with van der Waals surface area (Å²) in [5, 5.41) is 316. The van der Waals surface area contributed by atoms with Crippen molar-refractivity contribution < 1.29 is 229 Å². The summed E-state index contributed by atoms with van der Waals surface area (Å²) in [4.78, 5) is 0. The zero-order valence-corrected chi connectivity index (χ0v) is 52.3. The third-order valence-electron chi connectivity index (χ3n) is 18.9. The van der Waals surface area contributed by atoms with Gasteiger partial charge in [-0.25, -0.2) is 0 Å². The molecule has 9 aliphatic heterocycles. The quantitative estimate of drug-likeness (QED) is 0.0382. The highest BCUT2D eigenvalue weighted by molar-refractivity contribution is 5.03. The Labute approximate surface area is 563 Å². The second-order valence-corrected chi connectivity index (χ2v) is 25.2. The molecule has 46 nitrogen and oxygen atoms in total. The Morgan fingerprint density at radius 3 is 0.600 bits per heavy atom. The summed E-state index contributed by atoms with van der Waals surface area (Å²) in [6.07, 6.45) is -94.3. The van der Waals surface area contributed by atoms with Crippen LogP contribution in [0, 0.1) is 0 Å². The maximum Gasteiger partial charge on any atom is 0.224 e. The lowest BCUT2D eigenvalue weighted by molar-refractivity contribution is -0.427. The molecule has 0 radical (unpaired) electrons. The smallest absolute Gasteiger partial charge is 0.224 e. The molecule has 0 saturated carbocycles. The van der Waals surface area contributed by atoms with Crippen LogP contribution >= 0.6 is 0 Å². The van der Waals surface area contributed by atoms with E-state index < -0.39 is 336 Å². The first-order valence-electron chi connectivity index (χ1n) is 31.7. The number of rotatable bonds is 26. The van der Waals surface area contributed by atoms with Gasteiger partial charge in [0.05, 0.1) is 59.5 Å². The number of hydrogen-bond acceptors (Lipinski definition) is 46. The number of hydrogen-bond donors (Lipinski definition) is 29. The molecule has 29 N–H and O–H groups in total. The van der Waals surface area contributed by atoms with Crippen molar-refractivity contribution in [3.05, 3.63) is 0 Å². The zero-order chi connectivity index (χ0) is 73.4. The molecule has 0 aromatic heterocycles. The van der Waals surface area contributed by atoms with Crippen LogP contribution in [-0.4, -0.2) is 484 Å². The fourth-order valence-corrected chi connectivity index (χ4v) is 12.9. The van der Waals surface area contributed by atoms with Crippen LogP contribution in [0.1, 0.15) is 0 Å². The van der Waals surface area contributed by atoms with Gasteiger partial charge < -0.3 is 229 Å². The van der Waals surface area contributed by atoms with Gasteiger partial charge in [0.2, 0.25) is 5.79 Å². The van der Waals surface area contributed by atoms with Gasteiger partial charge in [0.1, 0.15) is 220 Å². The van der Waals surface area contributed by atoms with Crippen LogP contribution < -0.4 is 0 Å². The minimum Gasteiger partial charge on any atom is -0.394 e. The first-order chi connectivity index (χ1) is 47.5. The van der Waals surface area contributed by atoms with Crippen molar-refractivity contribution in [2.24, 2.45) is 0 Å². The molecule has 0 unspecified atom stereocenters. The van der Waals surface area contributed by atoms with E-state index >= 15 is 0 Å². The van der Waals surface area contributed by atoms with Gasteiger partial charge in [-0.2, -0.15) is 0 Å². The predicted octanol–water partition coefficient (Wildman–Crippen LogP) is -20.6. The summed E-state index contributed by atoms with van der Waals surface area (Å²) in [7, 11) is 0. The molecular weight excluding hydrogens is 1380 g/mol. The van der Waals surface area contributed by atoms with Gasteiger partial charge in [-0.3, -0.25) is 0 Å². The second kappa shape index (κ2) is 35.0. The van der Waals surface area contributed by atoms with Crippen molar-refractivity contribution in [1.29, 1.82) is 0 Å². The molecule has 9 saturated heterocycles. The Hall–Kier alpha value is -1.84. The highest BCUT2D eigenvalue weighted by Gasteiger charge is 2.63. The van der Waals surface area contributed by atoms with E-state index in [0.29, 0.717) is 0 Å². The van der Waals surface area contributed by atoms with Gasteiger partial charge in [-0.1, -0.05) is 0 Å². The van der Waals surface area contributed by atoms with Gasteiger partial charge in [0, 0.05) is 0 Å². The van der Waals surface area contributed by atoms with Crippen LogP contribution in [0.5, 0.6) is 0 Å². The van der Waals surface area contributed by atoms with Gasteiger partial charge in [-0.15, -0.1) is 0 Å². The molecule has 0 amide bonds. The molecule has 44 atom stereocenters. The molecular formula is C54H92O46. The Morgan fingerprint density at radius 2 is 0.390 bits per heavy atom. The summed E-state index contributed by atoms with van der Waals surface area (Å²) in [6, 6.07) is 0. The maximum absolute atomic E-state index is 11.9. The Balaban J connectivity index is 1.03. The van der Waals surface area contributed by atoms with Crippen LogP contribution in [-0.2, 0) is 80.5 Å². The molecule has 0 spiro atoms. The number of aliphatic hydroxyl groups excluding tert-OH is 29. The third kappa shape index (κ3) is 16.3. The van der Waals surface area contributed by atoms with Crippen LogP contribution in [0.25, 0.3) is 0 Å². The van der Waals surface area contributed by atoms with Crippen LogP contribution in [0.15, 0.2) is 0 Å². The molecule has 0 aromatic rings. The Morgan fingerprint density at radius 1 is 0.200 bits per heavy atom. The average Bonchev–Trinajstić information content (AvgIpc) is 1.71. The van der Waals surface area contributed by atoms with E-state index in [0.717, 1.165) is 0 Å². The molecule has 0 bridgehead atoms. The molecule has 9 aliphatic rings. The zero-order valence-electron chi connectivity index (χ0n) is 52.3. The fraction of sp³-hybridized carbons (Fsp3) is 1.00. The molecule has 46 heteroatoms. The van der Waals surface area contributed by atoms with Crippen molar-refractivity contribution in [2.45, 2.75) is 270 Å². The van der Waals surface area contributed by atoms with Crippen LogP contribution in [0.2, 0.25) is 0 Å². The summed E-state index contributed by atoms with van der Waals surface area (Å²) in [6.45, 7) is -11.4. The van der Waals surface area contributed by atoms with Gasteiger partial charge in [-0.05, 0) is 0 Å². The van der Waals surface area contributed by atoms with E-state index in [1.165, 1.54) is 0 Å². The molecule has 9 fully saturated rings. The topological polar surface area (TPSA) is 744 Å². The molecule has 584 valence electrons. The monoisotopic (exact) mass is 1480 g/mol. The SMILES string of the molecule is OC[C@H]1O[C@@](CO)(O[C@H]2O[C@H](CO)[C@@H](O)[C@H](O)[C@H]2O[C@H]2O[C@H](CO)[C@@H](O)[C@H](O)[C@H]2O[C@H]2O[C@H](CO)[C@@H](O)[C@H](O)[C@H]2O[C@H]2O[C@H](CO)[C@@H](O)[C@H](O)[C@H]2O[C@H]2O[C@H](CO)[C@@H](O)[C@H](O)[C@H]2O[C@H]2O[C@H](CO)[C@@H](O)[C@H](O)[C@H]2O[C@H]2O[C@H](CO)[C@@H](O)[C@H](O)[C@H]2O[C@H]2O[C@H](CO)[C@@H](O)[C@H](O)[C@H]2O)[C@@H](O)[C@@H]1O. The average molecular weight is 1480 g/mol. The Kier molecular flexibility index (Phi) is 28.8. The van der Waals surface area contributed by atoms with Crippen molar-refractivity contribution in [1.82, 2.24) is 0 Å². The molecule has 0 aliphatic carbocycles. The normalized spacial score (nSPS) is 53.5. The summed E-state index contributed by atoms with van der Waals surface area (Å²) in [5.41, 5.74) is 0. The largest absolute Gasteiger partial charge is 0.394 e. The van der Waals surface area contributed by atoms with Crippen molar-refractivity contribution >= 4 is 0 Å². The van der Waals surface area contributed by atoms with E-state index in [1.54, 1.807) is 0 Å². The first-order valence-corrected chi connectivity index (χ1v) is 31.7. The lowest BCUT2D eigenvalue weighted by Gasteiger charge is -2.51. The minimum atomic E-state index is -2.76. The fourth-order valence-electron chi connectivity index (χ4n) is 12.9. The predicted molar refractivity (Wildman–Crippen MR) is 297 cm³/mol. The highest BCUT2D eigenvalue weighted by Crippen LogP contribution is 2.42. The summed E-state index contributed by atoms with van der Waals surface area (Å²) in [5.74, 6) is -2.76. The summed E-state index contributed by atoms with van der Waals surface area (Å²) >= 11 is 0. The standard InChI is InChI=1S/C54H92O46/c55-1-11-20(65)29(74)37(82)46(84-11)92-38-30(75)21(66)12(2-56)85-47(38)93-39-31(76)22(67)13(3-57)86-48(39)94-40-32(77)23(68)14(4-58)87-49(40)95-41-33(78)24(69)15(5-59)88-50(41)96-42-34(79)25(70)16(6-60)89-51(42)97-43-35(80)26(71)17(7-61)90-52(43)98-44-36(81)27(72)18(8-62)91-53(44)100-54(10-64)45(83)28(73)19(9-63)99-54/h11-53,55-83H,1-10H2/t11-,12-,13-,14-,15-,16-,17-,18-,19-,20-,21-,22-,23-,24-,25-,26-,27-,28-,29+,30+,31+,32+,33+,34+,35+,36+,37-,38-,39-,40-,41-,42-,43-,44-,45+,46-,47-,48-,49-,50-,51-,52-,53-,54+/m1/s1. The van der Waals surface area contributed by atoms with Gasteiger partial charge in [0.15, 0.2) is 50.3 Å². The first kappa shape index (κ1) is 82.2. The number of ether oxygens (including phenoxy) is 17. The van der Waals surface area contributed by atoms with Gasteiger partial charge >= 0.3 is 0 Å². The van der Waals surface area contributed by atoms with Crippen LogP contribution in [0.3, 0.4) is 0 Å². The van der Waals surface area contributed by atoms with Crippen LogP contribution in [0.4, 0.5) is 0 Å². The van der Waals surface area contributed by atoms with Gasteiger partial charge in [0.25, 0.3) is 0 Å². The van der Waals surface area contributed by atoms with E-state index in [4.69, 9.17) is 80.5 Å². The lowest BCUT2D eigenvalue weighted by Crippen LogP contribution is -2.69. The van der Waals surface area contributed by atoms with E-state index in [1.807, 2.05) is 0 Å². The summed E-state index contributed by atoms with van der Waals surface area (Å²) < 4.78 is 99.1. The van der Waals surface area contributed by atoms with Crippen molar-refractivity contribution in [3.8, 4) is 0 Å². The molecule has 0 aromatic carbocycles. The molecule has 9 rings (SSSR count). The van der Waals surface area contributed by atoms with E-state index in [9.17, 15) is 148 Å². The van der Waals surface area contributed by atoms with E-state index in [-0.39, 0.29) is 0 Å². The van der Waals surface area contributed by atoms with E-state index in [2.05, 4.69) is 0 Å². The Bertz CT molecular complexity index is 2480. The lowest BCUT2D eigenvalue weighted by atomic mass is 9.95.